The van der Waals surface area contributed by atoms with Crippen molar-refractivity contribution in [3.63, 3.8) is 0 Å². The Morgan fingerprint density at radius 3 is 2.68 bits per heavy atom. The van der Waals surface area contributed by atoms with Crippen molar-refractivity contribution in [2.24, 2.45) is 7.05 Å². The van der Waals surface area contributed by atoms with E-state index >= 15 is 0 Å². The van der Waals surface area contributed by atoms with Crippen molar-refractivity contribution in [3.05, 3.63) is 30.1 Å². The number of halogens is 4. The summed E-state index contributed by atoms with van der Waals surface area (Å²) in [7, 11) is 1.55. The summed E-state index contributed by atoms with van der Waals surface area (Å²) in [6.45, 7) is -1.51. The van der Waals surface area contributed by atoms with Gasteiger partial charge < -0.3 is 10.1 Å². The molecule has 0 atom stereocenters. The number of rotatable bonds is 5. The molecule has 22 heavy (non-hydrogen) atoms. The number of amides is 1. The predicted molar refractivity (Wildman–Crippen MR) is 69.8 cm³/mol. The largest absolute Gasteiger partial charge is 0.484 e. The number of carbonyl (C=O) groups is 1. The second-order valence-corrected chi connectivity index (χ2v) is 4.38. The molecule has 2 rings (SSSR count). The van der Waals surface area contributed by atoms with E-state index in [4.69, 9.17) is 0 Å². The molecule has 1 aromatic heterocycles. The maximum absolute atomic E-state index is 13.6. The van der Waals surface area contributed by atoms with E-state index in [2.05, 4.69) is 15.2 Å². The molecule has 0 radical (unpaired) electrons. The number of aromatic nitrogens is 2. The van der Waals surface area contributed by atoms with Crippen LogP contribution < -0.4 is 10.1 Å². The summed E-state index contributed by atoms with van der Waals surface area (Å²) in [4.78, 5) is 10.4. The Morgan fingerprint density at radius 1 is 1.32 bits per heavy atom. The molecular weight excluding hydrogens is 306 g/mol. The number of anilines is 1. The number of benzene rings is 1. The van der Waals surface area contributed by atoms with Crippen molar-refractivity contribution in [2.45, 2.75) is 6.18 Å². The van der Waals surface area contributed by atoms with Crippen LogP contribution in [0.1, 0.15) is 0 Å². The van der Waals surface area contributed by atoms with Gasteiger partial charge in [0.2, 0.25) is 6.41 Å². The first-order chi connectivity index (χ1) is 10.3. The summed E-state index contributed by atoms with van der Waals surface area (Å²) < 4.78 is 55.9. The normalized spacial score (nSPS) is 11.3. The zero-order chi connectivity index (χ0) is 16.3. The fourth-order valence-electron chi connectivity index (χ4n) is 1.83. The third-order valence-electron chi connectivity index (χ3n) is 2.66. The van der Waals surface area contributed by atoms with Gasteiger partial charge in [0.25, 0.3) is 0 Å². The van der Waals surface area contributed by atoms with Gasteiger partial charge in [-0.25, -0.2) is 4.39 Å². The molecule has 118 valence electrons. The van der Waals surface area contributed by atoms with E-state index in [-0.39, 0.29) is 17.1 Å². The average molecular weight is 317 g/mol. The molecule has 0 aliphatic heterocycles. The Labute approximate surface area is 122 Å². The number of nitrogens with zero attached hydrogens (tertiary/aromatic N) is 2. The summed E-state index contributed by atoms with van der Waals surface area (Å²) in [6, 6.07) is 4.70. The Morgan fingerprint density at radius 2 is 2.05 bits per heavy atom. The molecule has 5 nitrogen and oxygen atoms in total. The highest BCUT2D eigenvalue weighted by molar-refractivity contribution is 5.73. The smallest absolute Gasteiger partial charge is 0.422 e. The van der Waals surface area contributed by atoms with Crippen molar-refractivity contribution >= 4 is 12.2 Å². The third-order valence-corrected chi connectivity index (χ3v) is 2.66. The summed E-state index contributed by atoms with van der Waals surface area (Å²) in [5, 5.41) is 6.28. The molecule has 0 aliphatic rings. The summed E-state index contributed by atoms with van der Waals surface area (Å²) >= 11 is 0. The van der Waals surface area contributed by atoms with Gasteiger partial charge in [0.05, 0.1) is 5.69 Å². The lowest BCUT2D eigenvalue weighted by molar-refractivity contribution is -0.153. The lowest BCUT2D eigenvalue weighted by Gasteiger charge is -2.10. The van der Waals surface area contributed by atoms with E-state index in [9.17, 15) is 22.4 Å². The van der Waals surface area contributed by atoms with Crippen LogP contribution in [0.3, 0.4) is 0 Å². The lowest BCUT2D eigenvalue weighted by atomic mass is 10.1. The van der Waals surface area contributed by atoms with E-state index < -0.39 is 18.6 Å². The summed E-state index contributed by atoms with van der Waals surface area (Å²) in [5.74, 6) is -0.770. The van der Waals surface area contributed by atoms with Crippen molar-refractivity contribution in [3.8, 4) is 17.0 Å². The van der Waals surface area contributed by atoms with Crippen LogP contribution in [0.2, 0.25) is 0 Å². The molecule has 9 heteroatoms. The monoisotopic (exact) mass is 317 g/mol. The van der Waals surface area contributed by atoms with Crippen LogP contribution in [-0.2, 0) is 11.8 Å². The number of ether oxygens (including phenoxy) is 1. The third kappa shape index (κ3) is 3.96. The number of hydrogen-bond acceptors (Lipinski definition) is 3. The van der Waals surface area contributed by atoms with Crippen molar-refractivity contribution in [2.75, 3.05) is 11.9 Å². The minimum absolute atomic E-state index is 0.231. The van der Waals surface area contributed by atoms with Gasteiger partial charge in [0.15, 0.2) is 12.4 Å². The van der Waals surface area contributed by atoms with Crippen molar-refractivity contribution in [1.82, 2.24) is 9.78 Å². The van der Waals surface area contributed by atoms with Crippen LogP contribution in [0.25, 0.3) is 11.3 Å². The van der Waals surface area contributed by atoms with Crippen molar-refractivity contribution < 1.29 is 27.1 Å². The maximum atomic E-state index is 13.6. The fourth-order valence-corrected chi connectivity index (χ4v) is 1.83. The SMILES string of the molecule is Cn1nc(NC=O)cc1-c1cc(F)cc(OCC(F)(F)F)c1. The van der Waals surface area contributed by atoms with Gasteiger partial charge in [0, 0.05) is 24.7 Å². The summed E-state index contributed by atoms with van der Waals surface area (Å²) in [5.41, 5.74) is 0.673. The van der Waals surface area contributed by atoms with Gasteiger partial charge in [0.1, 0.15) is 11.6 Å². The Kier molecular flexibility index (Phi) is 4.34. The van der Waals surface area contributed by atoms with Gasteiger partial charge in [-0.05, 0) is 12.1 Å². The first-order valence-corrected chi connectivity index (χ1v) is 6.03. The molecule has 0 saturated carbocycles. The summed E-state index contributed by atoms with van der Waals surface area (Å²) in [6.07, 6.45) is -4.09. The minimum Gasteiger partial charge on any atom is -0.484 e. The topological polar surface area (TPSA) is 56.2 Å². The molecule has 0 aliphatic carbocycles. The molecule has 0 fully saturated rings. The minimum atomic E-state index is -4.51. The molecular formula is C13H11F4N3O2. The highest BCUT2D eigenvalue weighted by Gasteiger charge is 2.28. The highest BCUT2D eigenvalue weighted by atomic mass is 19.4. The molecule has 1 amide bonds. The van der Waals surface area contributed by atoms with Crippen LogP contribution in [-0.4, -0.2) is 29.0 Å². The zero-order valence-corrected chi connectivity index (χ0v) is 11.3. The second kappa shape index (κ2) is 6.04. The van der Waals surface area contributed by atoms with E-state index in [0.29, 0.717) is 12.1 Å². The van der Waals surface area contributed by atoms with Crippen LogP contribution in [0.4, 0.5) is 23.4 Å². The first kappa shape index (κ1) is 15.8. The number of nitrogens with one attached hydrogen (secondary N) is 1. The number of hydrogen-bond donors (Lipinski definition) is 1. The zero-order valence-electron chi connectivity index (χ0n) is 11.3. The fraction of sp³-hybridized carbons (Fsp3) is 0.231. The molecule has 2 aromatic rings. The Bertz CT molecular complexity index is 682. The molecule has 0 saturated heterocycles. The number of carbonyl (C=O) groups excluding carboxylic acids is 1. The van der Waals surface area contributed by atoms with E-state index in [0.717, 1.165) is 12.1 Å². The molecule has 0 spiro atoms. The van der Waals surface area contributed by atoms with Gasteiger partial charge in [-0.15, -0.1) is 0 Å². The van der Waals surface area contributed by atoms with Crippen LogP contribution in [0.5, 0.6) is 5.75 Å². The standard InChI is InChI=1S/C13H11F4N3O2/c1-20-11(5-12(19-20)18-7-21)8-2-9(14)4-10(3-8)22-6-13(15,16)17/h2-5,7H,6H2,1H3,(H,18,19,21). The predicted octanol–water partition coefficient (Wildman–Crippen LogP) is 2.74. The van der Waals surface area contributed by atoms with E-state index in [1.165, 1.54) is 16.8 Å². The molecule has 1 aromatic carbocycles. The number of alkyl halides is 3. The lowest BCUT2D eigenvalue weighted by Crippen LogP contribution is -2.19. The maximum Gasteiger partial charge on any atom is 0.422 e. The van der Waals surface area contributed by atoms with E-state index in [1.54, 1.807) is 7.05 Å². The molecule has 0 bridgehead atoms. The average Bonchev–Trinajstić information content (AvgIpc) is 2.76. The van der Waals surface area contributed by atoms with Crippen molar-refractivity contribution in [1.29, 1.82) is 0 Å². The number of aryl methyl sites for hydroxylation is 1. The first-order valence-electron chi connectivity index (χ1n) is 6.03. The van der Waals surface area contributed by atoms with Crippen LogP contribution >= 0.6 is 0 Å². The second-order valence-electron chi connectivity index (χ2n) is 4.38. The van der Waals surface area contributed by atoms with E-state index in [1.807, 2.05) is 0 Å². The van der Waals surface area contributed by atoms with Crippen LogP contribution in [0.15, 0.2) is 24.3 Å². The quantitative estimate of drug-likeness (QED) is 0.681. The highest BCUT2D eigenvalue weighted by Crippen LogP contribution is 2.28. The molecule has 1 heterocycles. The Hall–Kier alpha value is -2.58. The van der Waals surface area contributed by atoms with Gasteiger partial charge in [-0.3, -0.25) is 9.48 Å². The van der Waals surface area contributed by atoms with Gasteiger partial charge in [-0.2, -0.15) is 18.3 Å². The molecule has 1 N–H and O–H groups in total. The van der Waals surface area contributed by atoms with Gasteiger partial charge >= 0.3 is 6.18 Å². The molecule has 0 unspecified atom stereocenters. The van der Waals surface area contributed by atoms with Gasteiger partial charge in [-0.1, -0.05) is 0 Å². The Balaban J connectivity index is 2.31. The van der Waals surface area contributed by atoms with Crippen LogP contribution in [0, 0.1) is 5.82 Å².